The summed E-state index contributed by atoms with van der Waals surface area (Å²) in [5.74, 6) is 0. The minimum absolute atomic E-state index is 0. The molecular formula is C10H14Br2ClN. The topological polar surface area (TPSA) is 26.0 Å². The van der Waals surface area contributed by atoms with Gasteiger partial charge in [0.1, 0.15) is 0 Å². The number of rotatable bonds is 3. The van der Waals surface area contributed by atoms with Crippen LogP contribution in [0.15, 0.2) is 27.1 Å². The molecule has 2 N–H and O–H groups in total. The Bertz CT molecular complexity index is 271. The molecule has 0 saturated carbocycles. The highest BCUT2D eigenvalue weighted by molar-refractivity contribution is 9.11. The van der Waals surface area contributed by atoms with E-state index in [2.05, 4.69) is 50.9 Å². The predicted octanol–water partition coefficient (Wildman–Crippen LogP) is 4.43. The van der Waals surface area contributed by atoms with Gasteiger partial charge in [-0.1, -0.05) is 45.2 Å². The van der Waals surface area contributed by atoms with Gasteiger partial charge in [0, 0.05) is 15.0 Å². The normalized spacial score (nSPS) is 12.0. The SMILES string of the molecule is CCC[C@@H](N)c1cc(Br)cc(Br)c1.Cl. The third kappa shape index (κ3) is 4.30. The summed E-state index contributed by atoms with van der Waals surface area (Å²) >= 11 is 6.89. The Labute approximate surface area is 108 Å². The van der Waals surface area contributed by atoms with E-state index in [4.69, 9.17) is 5.73 Å². The second kappa shape index (κ2) is 6.83. The van der Waals surface area contributed by atoms with Gasteiger partial charge >= 0.3 is 0 Å². The fraction of sp³-hybridized carbons (Fsp3) is 0.400. The summed E-state index contributed by atoms with van der Waals surface area (Å²) in [5, 5.41) is 0. The minimum Gasteiger partial charge on any atom is -0.324 e. The van der Waals surface area contributed by atoms with Crippen molar-refractivity contribution >= 4 is 44.3 Å². The van der Waals surface area contributed by atoms with Crippen LogP contribution in [-0.4, -0.2) is 0 Å². The molecule has 80 valence electrons. The highest BCUT2D eigenvalue weighted by Gasteiger charge is 2.05. The van der Waals surface area contributed by atoms with Crippen molar-refractivity contribution in [1.29, 1.82) is 0 Å². The van der Waals surface area contributed by atoms with Gasteiger partial charge in [0.25, 0.3) is 0 Å². The summed E-state index contributed by atoms with van der Waals surface area (Å²) < 4.78 is 2.15. The van der Waals surface area contributed by atoms with Crippen molar-refractivity contribution in [2.75, 3.05) is 0 Å². The van der Waals surface area contributed by atoms with E-state index >= 15 is 0 Å². The molecule has 14 heavy (non-hydrogen) atoms. The molecule has 0 amide bonds. The average molecular weight is 343 g/mol. The standard InChI is InChI=1S/C10H13Br2N.ClH/c1-2-3-10(13)7-4-8(11)6-9(12)5-7;/h4-6,10H,2-3,13H2,1H3;1H/t10-;/m1./s1. The first-order valence-corrected chi connectivity index (χ1v) is 5.93. The molecule has 0 bridgehead atoms. The maximum atomic E-state index is 6.00. The van der Waals surface area contributed by atoms with Crippen LogP contribution in [-0.2, 0) is 0 Å². The summed E-state index contributed by atoms with van der Waals surface area (Å²) in [7, 11) is 0. The Morgan fingerprint density at radius 1 is 1.21 bits per heavy atom. The van der Waals surface area contributed by atoms with Crippen LogP contribution >= 0.6 is 44.3 Å². The Morgan fingerprint density at radius 3 is 2.14 bits per heavy atom. The first-order valence-electron chi connectivity index (χ1n) is 4.35. The summed E-state index contributed by atoms with van der Waals surface area (Å²) in [4.78, 5) is 0. The molecule has 1 aromatic rings. The first-order chi connectivity index (χ1) is 6.13. The van der Waals surface area contributed by atoms with Crippen molar-refractivity contribution in [2.24, 2.45) is 5.73 Å². The minimum atomic E-state index is 0. The smallest absolute Gasteiger partial charge is 0.0295 e. The molecule has 0 aliphatic heterocycles. The molecule has 1 atom stereocenters. The second-order valence-electron chi connectivity index (χ2n) is 3.10. The first kappa shape index (κ1) is 14.4. The molecule has 0 radical (unpaired) electrons. The molecule has 0 aromatic heterocycles. The van der Waals surface area contributed by atoms with Crippen LogP contribution in [0.5, 0.6) is 0 Å². The van der Waals surface area contributed by atoms with Gasteiger partial charge < -0.3 is 5.73 Å². The van der Waals surface area contributed by atoms with Crippen LogP contribution in [0.3, 0.4) is 0 Å². The van der Waals surface area contributed by atoms with Gasteiger partial charge in [0.05, 0.1) is 0 Å². The molecule has 1 aromatic carbocycles. The molecule has 0 saturated heterocycles. The lowest BCUT2D eigenvalue weighted by Gasteiger charge is -2.11. The molecule has 0 aliphatic rings. The van der Waals surface area contributed by atoms with E-state index in [1.165, 1.54) is 5.56 Å². The van der Waals surface area contributed by atoms with E-state index in [1.54, 1.807) is 0 Å². The van der Waals surface area contributed by atoms with E-state index in [0.717, 1.165) is 21.8 Å². The Balaban J connectivity index is 0.00000169. The van der Waals surface area contributed by atoms with Gasteiger partial charge in [0.2, 0.25) is 0 Å². The Morgan fingerprint density at radius 2 is 1.71 bits per heavy atom. The lowest BCUT2D eigenvalue weighted by atomic mass is 10.0. The van der Waals surface area contributed by atoms with Crippen LogP contribution in [0, 0.1) is 0 Å². The molecule has 0 spiro atoms. The molecule has 1 rings (SSSR count). The second-order valence-corrected chi connectivity index (χ2v) is 4.93. The lowest BCUT2D eigenvalue weighted by molar-refractivity contribution is 0.638. The van der Waals surface area contributed by atoms with Crippen molar-refractivity contribution in [3.8, 4) is 0 Å². The van der Waals surface area contributed by atoms with Crippen molar-refractivity contribution in [1.82, 2.24) is 0 Å². The molecule has 0 aliphatic carbocycles. The van der Waals surface area contributed by atoms with Crippen molar-refractivity contribution < 1.29 is 0 Å². The van der Waals surface area contributed by atoms with Gasteiger partial charge in [-0.15, -0.1) is 12.4 Å². The average Bonchev–Trinajstić information content (AvgIpc) is 2.03. The lowest BCUT2D eigenvalue weighted by Crippen LogP contribution is -2.09. The summed E-state index contributed by atoms with van der Waals surface area (Å²) in [6.07, 6.45) is 2.15. The Kier molecular flexibility index (Phi) is 7.04. The van der Waals surface area contributed by atoms with E-state index in [-0.39, 0.29) is 18.4 Å². The molecule has 0 fully saturated rings. The zero-order valence-electron chi connectivity index (χ0n) is 7.97. The van der Waals surface area contributed by atoms with Crippen molar-refractivity contribution in [3.05, 3.63) is 32.7 Å². The number of benzene rings is 1. The maximum absolute atomic E-state index is 6.00. The van der Waals surface area contributed by atoms with Crippen LogP contribution in [0.4, 0.5) is 0 Å². The maximum Gasteiger partial charge on any atom is 0.0295 e. The summed E-state index contributed by atoms with van der Waals surface area (Å²) in [6, 6.07) is 6.32. The van der Waals surface area contributed by atoms with E-state index in [0.29, 0.717) is 0 Å². The zero-order chi connectivity index (χ0) is 9.84. The van der Waals surface area contributed by atoms with Crippen molar-refractivity contribution in [3.63, 3.8) is 0 Å². The van der Waals surface area contributed by atoms with Crippen LogP contribution in [0.1, 0.15) is 31.4 Å². The fourth-order valence-corrected chi connectivity index (χ4v) is 2.60. The van der Waals surface area contributed by atoms with Gasteiger partial charge in [0.15, 0.2) is 0 Å². The van der Waals surface area contributed by atoms with E-state index in [9.17, 15) is 0 Å². The van der Waals surface area contributed by atoms with Crippen molar-refractivity contribution in [2.45, 2.75) is 25.8 Å². The van der Waals surface area contributed by atoms with Crippen LogP contribution in [0.2, 0.25) is 0 Å². The quantitative estimate of drug-likeness (QED) is 0.863. The van der Waals surface area contributed by atoms with Gasteiger partial charge in [-0.05, 0) is 30.2 Å². The monoisotopic (exact) mass is 341 g/mol. The summed E-state index contributed by atoms with van der Waals surface area (Å²) in [6.45, 7) is 2.15. The number of halogens is 3. The van der Waals surface area contributed by atoms with Gasteiger partial charge in [-0.2, -0.15) is 0 Å². The summed E-state index contributed by atoms with van der Waals surface area (Å²) in [5.41, 5.74) is 7.19. The zero-order valence-corrected chi connectivity index (χ0v) is 12.0. The van der Waals surface area contributed by atoms with Crippen LogP contribution < -0.4 is 5.73 Å². The van der Waals surface area contributed by atoms with E-state index in [1.807, 2.05) is 6.07 Å². The van der Waals surface area contributed by atoms with Crippen LogP contribution in [0.25, 0.3) is 0 Å². The molecule has 0 heterocycles. The van der Waals surface area contributed by atoms with Gasteiger partial charge in [-0.25, -0.2) is 0 Å². The number of hydrogen-bond acceptors (Lipinski definition) is 1. The fourth-order valence-electron chi connectivity index (χ4n) is 1.27. The third-order valence-corrected chi connectivity index (χ3v) is 2.83. The Hall–Kier alpha value is 0.430. The third-order valence-electron chi connectivity index (χ3n) is 1.91. The number of nitrogens with two attached hydrogens (primary N) is 1. The van der Waals surface area contributed by atoms with Gasteiger partial charge in [-0.3, -0.25) is 0 Å². The predicted molar refractivity (Wildman–Crippen MR) is 70.9 cm³/mol. The van der Waals surface area contributed by atoms with E-state index < -0.39 is 0 Å². The molecule has 1 nitrogen and oxygen atoms in total. The molecule has 0 unspecified atom stereocenters. The highest BCUT2D eigenvalue weighted by Crippen LogP contribution is 2.24. The number of hydrogen-bond donors (Lipinski definition) is 1. The largest absolute Gasteiger partial charge is 0.324 e. The molecular weight excluding hydrogens is 329 g/mol. The highest BCUT2D eigenvalue weighted by atomic mass is 79.9. The molecule has 4 heteroatoms.